The maximum Gasteiger partial charge on any atom is 0.109 e. The molecular formula is C16H23N3O. The summed E-state index contributed by atoms with van der Waals surface area (Å²) in [6.07, 6.45) is 3.85. The SMILES string of the molecule is CCOC1CC(Cc2nc3c(CN)cccc3n2C)C1. The van der Waals surface area contributed by atoms with Crippen molar-refractivity contribution in [1.29, 1.82) is 0 Å². The first kappa shape index (κ1) is 13.6. The Hall–Kier alpha value is -1.39. The predicted octanol–water partition coefficient (Wildman–Crippen LogP) is 2.39. The smallest absolute Gasteiger partial charge is 0.109 e. The topological polar surface area (TPSA) is 53.1 Å². The number of para-hydroxylation sites is 1. The van der Waals surface area contributed by atoms with Crippen molar-refractivity contribution >= 4 is 11.0 Å². The van der Waals surface area contributed by atoms with Gasteiger partial charge in [-0.3, -0.25) is 0 Å². The zero-order chi connectivity index (χ0) is 14.1. The van der Waals surface area contributed by atoms with Crippen molar-refractivity contribution in [3.63, 3.8) is 0 Å². The van der Waals surface area contributed by atoms with E-state index in [0.29, 0.717) is 18.6 Å². The Morgan fingerprint density at radius 1 is 1.40 bits per heavy atom. The van der Waals surface area contributed by atoms with E-state index in [4.69, 9.17) is 15.5 Å². The van der Waals surface area contributed by atoms with E-state index < -0.39 is 0 Å². The molecule has 1 saturated carbocycles. The monoisotopic (exact) mass is 273 g/mol. The van der Waals surface area contributed by atoms with Crippen LogP contribution in [0.5, 0.6) is 0 Å². The number of aryl methyl sites for hydroxylation is 1. The van der Waals surface area contributed by atoms with Crippen LogP contribution in [0.1, 0.15) is 31.2 Å². The normalized spacial score (nSPS) is 22.1. The maximum atomic E-state index is 5.80. The molecule has 20 heavy (non-hydrogen) atoms. The van der Waals surface area contributed by atoms with Crippen LogP contribution in [0.15, 0.2) is 18.2 Å². The zero-order valence-electron chi connectivity index (χ0n) is 12.3. The molecule has 1 aliphatic rings. The molecule has 3 rings (SSSR count). The van der Waals surface area contributed by atoms with Crippen LogP contribution in [-0.4, -0.2) is 22.3 Å². The Kier molecular flexibility index (Phi) is 3.76. The van der Waals surface area contributed by atoms with Crippen molar-refractivity contribution in [1.82, 2.24) is 9.55 Å². The lowest BCUT2D eigenvalue weighted by Gasteiger charge is -2.34. The summed E-state index contributed by atoms with van der Waals surface area (Å²) in [4.78, 5) is 4.82. The average Bonchev–Trinajstić information content (AvgIpc) is 2.73. The summed E-state index contributed by atoms with van der Waals surface area (Å²) in [5.74, 6) is 1.88. The number of hydrogen-bond donors (Lipinski definition) is 1. The third-order valence-electron chi connectivity index (χ3n) is 4.37. The summed E-state index contributed by atoms with van der Waals surface area (Å²) >= 11 is 0. The molecule has 2 aromatic rings. The fourth-order valence-electron chi connectivity index (χ4n) is 3.14. The molecule has 0 bridgehead atoms. The lowest BCUT2D eigenvalue weighted by atomic mass is 9.80. The molecule has 0 unspecified atom stereocenters. The highest BCUT2D eigenvalue weighted by Gasteiger charge is 2.30. The number of aromatic nitrogens is 2. The fraction of sp³-hybridized carbons (Fsp3) is 0.562. The molecule has 4 heteroatoms. The van der Waals surface area contributed by atoms with E-state index in [-0.39, 0.29) is 0 Å². The van der Waals surface area contributed by atoms with E-state index >= 15 is 0 Å². The van der Waals surface area contributed by atoms with Crippen LogP contribution in [0.25, 0.3) is 11.0 Å². The van der Waals surface area contributed by atoms with Gasteiger partial charge in [0, 0.05) is 26.6 Å². The van der Waals surface area contributed by atoms with Gasteiger partial charge in [0.25, 0.3) is 0 Å². The lowest BCUT2D eigenvalue weighted by Crippen LogP contribution is -2.33. The van der Waals surface area contributed by atoms with E-state index in [0.717, 1.165) is 24.1 Å². The van der Waals surface area contributed by atoms with Gasteiger partial charge in [-0.15, -0.1) is 0 Å². The third-order valence-corrected chi connectivity index (χ3v) is 4.37. The Bertz CT molecular complexity index is 599. The molecule has 0 amide bonds. The van der Waals surface area contributed by atoms with Crippen LogP contribution >= 0.6 is 0 Å². The molecule has 0 saturated heterocycles. The Balaban J connectivity index is 1.78. The second kappa shape index (κ2) is 5.54. The first-order valence-electron chi connectivity index (χ1n) is 7.47. The standard InChI is InChI=1S/C16H23N3O/c1-3-20-13-7-11(8-13)9-15-18-16-12(10-17)5-4-6-14(16)19(15)2/h4-6,11,13H,3,7-10,17H2,1-2H3. The summed E-state index contributed by atoms with van der Waals surface area (Å²) < 4.78 is 7.84. The highest BCUT2D eigenvalue weighted by molar-refractivity contribution is 5.79. The first-order valence-corrected chi connectivity index (χ1v) is 7.47. The Morgan fingerprint density at radius 3 is 2.90 bits per heavy atom. The van der Waals surface area contributed by atoms with Crippen LogP contribution in [-0.2, 0) is 24.8 Å². The molecule has 1 heterocycles. The van der Waals surface area contributed by atoms with E-state index in [2.05, 4.69) is 36.7 Å². The number of nitrogens with two attached hydrogens (primary N) is 1. The lowest BCUT2D eigenvalue weighted by molar-refractivity contribution is -0.0246. The fourth-order valence-corrected chi connectivity index (χ4v) is 3.14. The second-order valence-electron chi connectivity index (χ2n) is 5.69. The molecule has 0 spiro atoms. The summed E-state index contributed by atoms with van der Waals surface area (Å²) in [6.45, 7) is 3.43. The van der Waals surface area contributed by atoms with Crippen LogP contribution in [0, 0.1) is 5.92 Å². The highest BCUT2D eigenvalue weighted by atomic mass is 16.5. The summed E-state index contributed by atoms with van der Waals surface area (Å²) in [5.41, 5.74) is 9.18. The molecule has 4 nitrogen and oxygen atoms in total. The Labute approximate surface area is 119 Å². The van der Waals surface area contributed by atoms with Gasteiger partial charge in [-0.25, -0.2) is 4.98 Å². The first-order chi connectivity index (χ1) is 9.72. The van der Waals surface area contributed by atoms with Crippen molar-refractivity contribution < 1.29 is 4.74 Å². The van der Waals surface area contributed by atoms with Crippen molar-refractivity contribution in [2.75, 3.05) is 6.61 Å². The minimum atomic E-state index is 0.472. The van der Waals surface area contributed by atoms with Crippen molar-refractivity contribution in [3.8, 4) is 0 Å². The zero-order valence-corrected chi connectivity index (χ0v) is 12.3. The molecule has 1 fully saturated rings. The summed E-state index contributed by atoms with van der Waals surface area (Å²) in [7, 11) is 2.10. The van der Waals surface area contributed by atoms with Crippen LogP contribution in [0.3, 0.4) is 0 Å². The van der Waals surface area contributed by atoms with Gasteiger partial charge in [-0.05, 0) is 37.3 Å². The van der Waals surface area contributed by atoms with Crippen molar-refractivity contribution in [3.05, 3.63) is 29.6 Å². The molecule has 108 valence electrons. The summed E-state index contributed by atoms with van der Waals surface area (Å²) in [5, 5.41) is 0. The van der Waals surface area contributed by atoms with Gasteiger partial charge in [0.15, 0.2) is 0 Å². The van der Waals surface area contributed by atoms with E-state index in [1.807, 2.05) is 0 Å². The van der Waals surface area contributed by atoms with Crippen molar-refractivity contribution in [2.45, 2.75) is 38.8 Å². The van der Waals surface area contributed by atoms with Crippen LogP contribution < -0.4 is 5.73 Å². The molecule has 1 aromatic heterocycles. The van der Waals surface area contributed by atoms with Gasteiger partial charge < -0.3 is 15.0 Å². The largest absolute Gasteiger partial charge is 0.378 e. The summed E-state index contributed by atoms with van der Waals surface area (Å²) in [6, 6.07) is 6.24. The second-order valence-corrected chi connectivity index (χ2v) is 5.69. The molecular weight excluding hydrogens is 250 g/mol. The van der Waals surface area contributed by atoms with Crippen LogP contribution in [0.2, 0.25) is 0 Å². The van der Waals surface area contributed by atoms with Gasteiger partial charge in [-0.1, -0.05) is 12.1 Å². The number of benzene rings is 1. The number of hydrogen-bond acceptors (Lipinski definition) is 3. The molecule has 0 aliphatic heterocycles. The number of nitrogens with zero attached hydrogens (tertiary/aromatic N) is 2. The van der Waals surface area contributed by atoms with Gasteiger partial charge in [0.1, 0.15) is 5.82 Å². The number of rotatable bonds is 5. The molecule has 0 atom stereocenters. The number of imidazole rings is 1. The molecule has 2 N–H and O–H groups in total. The Morgan fingerprint density at radius 2 is 2.20 bits per heavy atom. The predicted molar refractivity (Wildman–Crippen MR) is 80.4 cm³/mol. The third kappa shape index (κ3) is 2.34. The van der Waals surface area contributed by atoms with E-state index in [9.17, 15) is 0 Å². The van der Waals surface area contributed by atoms with Gasteiger partial charge in [-0.2, -0.15) is 0 Å². The maximum absolute atomic E-state index is 5.80. The number of fused-ring (bicyclic) bond motifs is 1. The van der Waals surface area contributed by atoms with Crippen LogP contribution in [0.4, 0.5) is 0 Å². The van der Waals surface area contributed by atoms with E-state index in [1.54, 1.807) is 0 Å². The molecule has 0 radical (unpaired) electrons. The van der Waals surface area contributed by atoms with Gasteiger partial charge in [0.2, 0.25) is 0 Å². The molecule has 1 aliphatic carbocycles. The van der Waals surface area contributed by atoms with Gasteiger partial charge in [0.05, 0.1) is 17.1 Å². The number of ether oxygens (including phenoxy) is 1. The van der Waals surface area contributed by atoms with Gasteiger partial charge >= 0.3 is 0 Å². The molecule has 1 aromatic carbocycles. The average molecular weight is 273 g/mol. The highest BCUT2D eigenvalue weighted by Crippen LogP contribution is 2.33. The quantitative estimate of drug-likeness (QED) is 0.910. The minimum absolute atomic E-state index is 0.472. The van der Waals surface area contributed by atoms with E-state index in [1.165, 1.54) is 24.2 Å². The minimum Gasteiger partial charge on any atom is -0.378 e. The van der Waals surface area contributed by atoms with Crippen molar-refractivity contribution in [2.24, 2.45) is 18.7 Å².